The maximum Gasteiger partial charge on any atom is 0.137 e. The molecule has 0 bridgehead atoms. The van der Waals surface area contributed by atoms with Crippen molar-refractivity contribution in [3.63, 3.8) is 0 Å². The second kappa shape index (κ2) is 7.83. The number of hydrogen-bond donors (Lipinski definition) is 1. The summed E-state index contributed by atoms with van der Waals surface area (Å²) >= 11 is 9.77. The highest BCUT2D eigenvalue weighted by atomic mass is 79.9. The fourth-order valence-corrected chi connectivity index (χ4v) is 2.97. The number of rotatable bonds is 6. The van der Waals surface area contributed by atoms with Crippen LogP contribution in [0, 0.1) is 0 Å². The molecule has 112 valence electrons. The van der Waals surface area contributed by atoms with Crippen molar-refractivity contribution < 1.29 is 4.74 Å². The van der Waals surface area contributed by atoms with Gasteiger partial charge in [-0.1, -0.05) is 58.7 Å². The average Bonchev–Trinajstić information content (AvgIpc) is 2.50. The number of hydrogen-bond acceptors (Lipinski definition) is 2. The monoisotopic (exact) mass is 367 g/mol. The number of nitrogens with one attached hydrogen (secondary N) is 1. The molecule has 0 saturated carbocycles. The molecule has 0 aliphatic carbocycles. The molecule has 2 nitrogen and oxygen atoms in total. The minimum atomic E-state index is 0.103. The van der Waals surface area contributed by atoms with E-state index >= 15 is 0 Å². The Hall–Kier alpha value is -1.03. The summed E-state index contributed by atoms with van der Waals surface area (Å²) in [7, 11) is 1.64. The normalized spacial score (nSPS) is 12.2. The fourth-order valence-electron chi connectivity index (χ4n) is 2.26. The topological polar surface area (TPSA) is 21.3 Å². The summed E-state index contributed by atoms with van der Waals surface area (Å²) in [5.41, 5.74) is 2.34. The number of ether oxygens (including phenoxy) is 1. The predicted molar refractivity (Wildman–Crippen MR) is 92.3 cm³/mol. The maximum absolute atomic E-state index is 6.13. The first-order chi connectivity index (χ1) is 10.2. The van der Waals surface area contributed by atoms with Crippen LogP contribution >= 0.6 is 27.5 Å². The number of benzene rings is 2. The van der Waals surface area contributed by atoms with E-state index in [2.05, 4.69) is 40.3 Å². The first-order valence-corrected chi connectivity index (χ1v) is 8.15. The summed E-state index contributed by atoms with van der Waals surface area (Å²) < 4.78 is 6.43. The van der Waals surface area contributed by atoms with Crippen molar-refractivity contribution in [2.75, 3.05) is 13.7 Å². The van der Waals surface area contributed by atoms with E-state index in [1.807, 2.05) is 30.3 Å². The third-order valence-electron chi connectivity index (χ3n) is 3.32. The molecule has 0 amide bonds. The van der Waals surface area contributed by atoms with Crippen molar-refractivity contribution in [2.24, 2.45) is 0 Å². The Labute approximate surface area is 139 Å². The molecule has 1 N–H and O–H groups in total. The Morgan fingerprint density at radius 1 is 1.24 bits per heavy atom. The van der Waals surface area contributed by atoms with Gasteiger partial charge in [-0.2, -0.15) is 0 Å². The standard InChI is InChI=1S/C17H19BrClNO/c1-3-10-20-17(13-6-4-5-7-14(13)18)12-8-9-15(19)16(11-12)21-2/h4-9,11,17,20H,3,10H2,1-2H3. The molecule has 0 aliphatic heterocycles. The van der Waals surface area contributed by atoms with Crippen LogP contribution in [0.2, 0.25) is 5.02 Å². The molecule has 4 heteroatoms. The van der Waals surface area contributed by atoms with Crippen LogP contribution in [0.3, 0.4) is 0 Å². The van der Waals surface area contributed by atoms with Gasteiger partial charge in [0.05, 0.1) is 18.2 Å². The molecule has 0 radical (unpaired) electrons. The minimum Gasteiger partial charge on any atom is -0.495 e. The Balaban J connectivity index is 2.43. The van der Waals surface area contributed by atoms with E-state index in [1.165, 1.54) is 5.56 Å². The van der Waals surface area contributed by atoms with Gasteiger partial charge in [0.15, 0.2) is 0 Å². The highest BCUT2D eigenvalue weighted by Gasteiger charge is 2.17. The van der Waals surface area contributed by atoms with Crippen LogP contribution in [0.25, 0.3) is 0 Å². The third kappa shape index (κ3) is 4.00. The molecule has 0 fully saturated rings. The van der Waals surface area contributed by atoms with Crippen molar-refractivity contribution >= 4 is 27.5 Å². The van der Waals surface area contributed by atoms with Gasteiger partial charge in [0.2, 0.25) is 0 Å². The zero-order chi connectivity index (χ0) is 15.2. The van der Waals surface area contributed by atoms with E-state index in [-0.39, 0.29) is 6.04 Å². The first-order valence-electron chi connectivity index (χ1n) is 6.98. The SMILES string of the molecule is CCCNC(c1ccc(Cl)c(OC)c1)c1ccccc1Br. The molecular weight excluding hydrogens is 350 g/mol. The molecule has 2 aromatic rings. The van der Waals surface area contributed by atoms with E-state index in [1.54, 1.807) is 7.11 Å². The molecule has 0 heterocycles. The van der Waals surface area contributed by atoms with Crippen LogP contribution in [-0.2, 0) is 0 Å². The van der Waals surface area contributed by atoms with Crippen LogP contribution in [0.15, 0.2) is 46.9 Å². The van der Waals surface area contributed by atoms with E-state index in [0.717, 1.165) is 23.0 Å². The van der Waals surface area contributed by atoms with Crippen LogP contribution in [0.5, 0.6) is 5.75 Å². The molecule has 1 unspecified atom stereocenters. The van der Waals surface area contributed by atoms with Gasteiger partial charge < -0.3 is 10.1 Å². The summed E-state index contributed by atoms with van der Waals surface area (Å²) in [6, 6.07) is 14.3. The van der Waals surface area contributed by atoms with Gasteiger partial charge in [-0.05, 0) is 42.3 Å². The van der Waals surface area contributed by atoms with Gasteiger partial charge in [-0.3, -0.25) is 0 Å². The third-order valence-corrected chi connectivity index (χ3v) is 4.36. The largest absolute Gasteiger partial charge is 0.495 e. The summed E-state index contributed by atoms with van der Waals surface area (Å²) in [4.78, 5) is 0. The van der Waals surface area contributed by atoms with Gasteiger partial charge >= 0.3 is 0 Å². The molecule has 0 spiro atoms. The lowest BCUT2D eigenvalue weighted by atomic mass is 9.98. The molecule has 1 atom stereocenters. The van der Waals surface area contributed by atoms with Gasteiger partial charge in [-0.15, -0.1) is 0 Å². The Kier molecular flexibility index (Phi) is 6.09. The fraction of sp³-hybridized carbons (Fsp3) is 0.294. The molecule has 0 aromatic heterocycles. The second-order valence-electron chi connectivity index (χ2n) is 4.80. The molecule has 2 aromatic carbocycles. The highest BCUT2D eigenvalue weighted by molar-refractivity contribution is 9.10. The van der Waals surface area contributed by atoms with E-state index in [0.29, 0.717) is 10.8 Å². The lowest BCUT2D eigenvalue weighted by molar-refractivity contribution is 0.414. The lowest BCUT2D eigenvalue weighted by Gasteiger charge is -2.21. The molecular formula is C17H19BrClNO. The van der Waals surface area contributed by atoms with Crippen molar-refractivity contribution in [3.8, 4) is 5.75 Å². The molecule has 0 aliphatic rings. The lowest BCUT2D eigenvalue weighted by Crippen LogP contribution is -2.23. The zero-order valence-electron chi connectivity index (χ0n) is 12.2. The van der Waals surface area contributed by atoms with Crippen molar-refractivity contribution in [1.29, 1.82) is 0 Å². The summed E-state index contributed by atoms with van der Waals surface area (Å²) in [5.74, 6) is 0.699. The Morgan fingerprint density at radius 3 is 2.67 bits per heavy atom. The van der Waals surface area contributed by atoms with Crippen LogP contribution in [0.4, 0.5) is 0 Å². The van der Waals surface area contributed by atoms with Crippen molar-refractivity contribution in [2.45, 2.75) is 19.4 Å². The Bertz CT molecular complexity index is 603. The van der Waals surface area contributed by atoms with E-state index < -0.39 is 0 Å². The van der Waals surface area contributed by atoms with Crippen LogP contribution < -0.4 is 10.1 Å². The van der Waals surface area contributed by atoms with Gasteiger partial charge in [-0.25, -0.2) is 0 Å². The Morgan fingerprint density at radius 2 is 2.00 bits per heavy atom. The van der Waals surface area contributed by atoms with Crippen molar-refractivity contribution in [1.82, 2.24) is 5.32 Å². The summed E-state index contributed by atoms with van der Waals surface area (Å²) in [5, 5.41) is 4.21. The summed E-state index contributed by atoms with van der Waals surface area (Å²) in [6.45, 7) is 3.10. The molecule has 21 heavy (non-hydrogen) atoms. The second-order valence-corrected chi connectivity index (χ2v) is 6.06. The van der Waals surface area contributed by atoms with Crippen molar-refractivity contribution in [3.05, 3.63) is 63.1 Å². The predicted octanol–water partition coefficient (Wildman–Crippen LogP) is 5.20. The van der Waals surface area contributed by atoms with E-state index in [4.69, 9.17) is 16.3 Å². The van der Waals surface area contributed by atoms with Gasteiger partial charge in [0.1, 0.15) is 5.75 Å². The first kappa shape index (κ1) is 16.3. The van der Waals surface area contributed by atoms with Gasteiger partial charge in [0, 0.05) is 4.47 Å². The van der Waals surface area contributed by atoms with E-state index in [9.17, 15) is 0 Å². The van der Waals surface area contributed by atoms with Crippen LogP contribution in [0.1, 0.15) is 30.5 Å². The highest BCUT2D eigenvalue weighted by Crippen LogP contribution is 2.33. The van der Waals surface area contributed by atoms with Crippen LogP contribution in [-0.4, -0.2) is 13.7 Å². The number of methoxy groups -OCH3 is 1. The molecule has 2 rings (SSSR count). The minimum absolute atomic E-state index is 0.103. The zero-order valence-corrected chi connectivity index (χ0v) is 14.5. The maximum atomic E-state index is 6.13. The smallest absolute Gasteiger partial charge is 0.137 e. The average molecular weight is 369 g/mol. The van der Waals surface area contributed by atoms with Gasteiger partial charge in [0.25, 0.3) is 0 Å². The molecule has 0 saturated heterocycles. The summed E-state index contributed by atoms with van der Waals surface area (Å²) in [6.07, 6.45) is 1.08. The quantitative estimate of drug-likeness (QED) is 0.756. The number of halogens is 2.